The van der Waals surface area contributed by atoms with Gasteiger partial charge < -0.3 is 0 Å². The molecule has 0 bridgehead atoms. The second kappa shape index (κ2) is 13.3. The van der Waals surface area contributed by atoms with E-state index in [1.165, 1.54) is 39.8 Å². The van der Waals surface area contributed by atoms with Gasteiger partial charge in [-0.25, -0.2) is 9.97 Å². The third-order valence-electron chi connectivity index (χ3n) is 14.1. The molecule has 4 heterocycles. The van der Waals surface area contributed by atoms with Gasteiger partial charge in [0.05, 0.1) is 22.1 Å². The average molecular weight is 769 g/mol. The summed E-state index contributed by atoms with van der Waals surface area (Å²) in [7, 11) is 0. The van der Waals surface area contributed by atoms with Crippen LogP contribution in [0.4, 0.5) is 0 Å². The fourth-order valence-corrected chi connectivity index (χ4v) is 11.2. The maximum Gasteiger partial charge on any atom is 0.252 e. The van der Waals surface area contributed by atoms with Gasteiger partial charge in [-0.2, -0.15) is 0 Å². The Balaban J connectivity index is 1.42. The van der Waals surface area contributed by atoms with Crippen LogP contribution >= 0.6 is 0 Å². The zero-order chi connectivity index (χ0) is 45.5. The molecule has 1 saturated carbocycles. The molecule has 0 atom stereocenters. The van der Waals surface area contributed by atoms with Crippen molar-refractivity contribution < 1.29 is 8.22 Å². The Bertz CT molecular complexity index is 2810. The lowest BCUT2D eigenvalue weighted by Gasteiger charge is -2.38. The molecule has 2 aliphatic heterocycles. The Hall–Kier alpha value is -4.90. The number of rotatable bonds is 7. The van der Waals surface area contributed by atoms with Crippen LogP contribution in [0.3, 0.4) is 0 Å². The molecule has 4 nitrogen and oxygen atoms in total. The minimum atomic E-state index is -2.54. The van der Waals surface area contributed by atoms with Crippen molar-refractivity contribution in [3.8, 4) is 33.6 Å². The molecule has 3 aliphatic rings. The predicted molar refractivity (Wildman–Crippen MR) is 247 cm³/mol. The molecular formula is C53H59BN4. The van der Waals surface area contributed by atoms with Gasteiger partial charge in [0.15, 0.2) is 0 Å². The van der Waals surface area contributed by atoms with Crippen molar-refractivity contribution in [2.45, 2.75) is 137 Å². The van der Waals surface area contributed by atoms with Gasteiger partial charge in [-0.1, -0.05) is 130 Å². The van der Waals surface area contributed by atoms with E-state index in [9.17, 15) is 0 Å². The van der Waals surface area contributed by atoms with Gasteiger partial charge in [0.1, 0.15) is 11.6 Å². The minimum absolute atomic E-state index is 0.0209. The molecule has 58 heavy (non-hydrogen) atoms. The van der Waals surface area contributed by atoms with Crippen LogP contribution in [0.1, 0.15) is 166 Å². The third kappa shape index (κ3) is 5.33. The highest BCUT2D eigenvalue weighted by molar-refractivity contribution is 7.00. The molecule has 5 aromatic carbocycles. The van der Waals surface area contributed by atoms with E-state index < -0.39 is 13.7 Å². The van der Waals surface area contributed by atoms with Gasteiger partial charge in [0.2, 0.25) is 0 Å². The highest BCUT2D eigenvalue weighted by Crippen LogP contribution is 2.44. The number of hydrogen-bond acceptors (Lipinski definition) is 2. The number of aryl methyl sites for hydroxylation is 2. The Labute approximate surface area is 354 Å². The molecule has 10 rings (SSSR count). The first-order valence-corrected chi connectivity index (χ1v) is 21.8. The largest absolute Gasteiger partial charge is 0.297 e. The number of hydrogen-bond donors (Lipinski definition) is 0. The fourth-order valence-electron chi connectivity index (χ4n) is 11.2. The van der Waals surface area contributed by atoms with Crippen molar-refractivity contribution in [2.75, 3.05) is 0 Å². The topological polar surface area (TPSA) is 35.6 Å². The Morgan fingerprint density at radius 3 is 1.38 bits per heavy atom. The maximum atomic E-state index is 9.03. The fraction of sp³-hybridized carbons (Fsp3) is 0.396. The van der Waals surface area contributed by atoms with Crippen LogP contribution in [0.2, 0.25) is 0 Å². The van der Waals surface area contributed by atoms with E-state index in [0.717, 1.165) is 81.2 Å². The molecule has 0 saturated heterocycles. The van der Waals surface area contributed by atoms with Crippen molar-refractivity contribution >= 4 is 45.2 Å². The van der Waals surface area contributed by atoms with Crippen molar-refractivity contribution in [3.05, 3.63) is 112 Å². The maximum absolute atomic E-state index is 9.03. The Morgan fingerprint density at radius 1 is 0.586 bits per heavy atom. The molecule has 0 spiro atoms. The monoisotopic (exact) mass is 769 g/mol. The Kier molecular flexibility index (Phi) is 7.13. The van der Waals surface area contributed by atoms with Crippen molar-refractivity contribution in [1.82, 2.24) is 19.1 Å². The van der Waals surface area contributed by atoms with Gasteiger partial charge in [0.25, 0.3) is 6.71 Å². The number of fused-ring (bicyclic) bond motifs is 4. The highest BCUT2D eigenvalue weighted by Gasteiger charge is 2.43. The van der Waals surface area contributed by atoms with Crippen LogP contribution in [-0.4, -0.2) is 25.8 Å². The van der Waals surface area contributed by atoms with Crippen LogP contribution in [-0.2, 0) is 5.41 Å². The van der Waals surface area contributed by atoms with Crippen LogP contribution in [0, 0.1) is 13.7 Å². The van der Waals surface area contributed by atoms with Gasteiger partial charge in [-0.05, 0) is 146 Å². The van der Waals surface area contributed by atoms with Crippen LogP contribution in [0.25, 0.3) is 55.7 Å². The van der Waals surface area contributed by atoms with Crippen molar-refractivity contribution in [3.63, 3.8) is 0 Å². The molecule has 0 unspecified atom stereocenters. The lowest BCUT2D eigenvalue weighted by Crippen LogP contribution is -2.59. The highest BCUT2D eigenvalue weighted by atomic mass is 15.1. The third-order valence-corrected chi connectivity index (χ3v) is 14.1. The molecule has 294 valence electrons. The summed E-state index contributed by atoms with van der Waals surface area (Å²) in [6.45, 7) is 14.7. The van der Waals surface area contributed by atoms with Crippen molar-refractivity contribution in [2.24, 2.45) is 0 Å². The molecule has 0 amide bonds. The van der Waals surface area contributed by atoms with Crippen LogP contribution in [0.5, 0.6) is 0 Å². The van der Waals surface area contributed by atoms with Gasteiger partial charge in [0, 0.05) is 19.6 Å². The first-order chi connectivity index (χ1) is 30.2. The second-order valence-electron chi connectivity index (χ2n) is 19.1. The standard InChI is InChI=1S/C53H59BN4/c1-29(2)38-17-15-18-39(30(3)4)48(38)35-23-42-51-44(25-35)55-33(9)57(51)46-27-37(53(11)21-13-12-14-22-53)28-47-50(46)54(42)43-24-36(26-45-52(43)58(47)34(10)56-45)49-40(31(5)6)19-16-20-41(49)32(7)8/h15-20,23-32H,12-14,21-22H2,1-11H3/i9D3,10D3. The number of benzene rings is 5. The summed E-state index contributed by atoms with van der Waals surface area (Å²) in [6.07, 6.45) is 5.36. The lowest BCUT2D eigenvalue weighted by atomic mass is 9.34. The van der Waals surface area contributed by atoms with Crippen LogP contribution in [0.15, 0.2) is 72.8 Å². The second-order valence-corrected chi connectivity index (χ2v) is 19.1. The summed E-state index contributed by atoms with van der Waals surface area (Å²) in [5.41, 5.74) is 17.4. The zero-order valence-corrected chi connectivity index (χ0v) is 35.6. The van der Waals surface area contributed by atoms with Gasteiger partial charge in [-0.15, -0.1) is 0 Å². The summed E-state index contributed by atoms with van der Waals surface area (Å²) >= 11 is 0. The average Bonchev–Trinajstić information content (AvgIpc) is 3.84. The van der Waals surface area contributed by atoms with E-state index in [0.29, 0.717) is 11.0 Å². The molecule has 0 N–H and O–H groups in total. The zero-order valence-electron chi connectivity index (χ0n) is 41.6. The normalized spacial score (nSPS) is 17.5. The molecule has 1 fully saturated rings. The first-order valence-electron chi connectivity index (χ1n) is 24.8. The predicted octanol–water partition coefficient (Wildman–Crippen LogP) is 12.2. The molecule has 5 heteroatoms. The number of nitrogens with zero attached hydrogens (tertiary/aromatic N) is 4. The molecule has 2 aromatic heterocycles. The Morgan fingerprint density at radius 2 is 1.00 bits per heavy atom. The SMILES string of the molecule is [2H]C([2H])([2H])c1nc2cc(-c3c(C(C)C)cccc3C(C)C)cc3c2n1-c1cc(C2(C)CCCCC2)cc2c1B3c1cc(-c3c(C(C)C)cccc3C(C)C)cc3nc(C([2H])([2H])[2H])n-2c13. The number of imidazole rings is 2. The van der Waals surface area contributed by atoms with E-state index >= 15 is 0 Å². The molecule has 7 aromatic rings. The summed E-state index contributed by atoms with van der Waals surface area (Å²) in [5.74, 6) is 0.979. The molecule has 1 aliphatic carbocycles. The van der Waals surface area contributed by atoms with Gasteiger partial charge >= 0.3 is 0 Å². The van der Waals surface area contributed by atoms with Crippen LogP contribution < -0.4 is 16.4 Å². The lowest BCUT2D eigenvalue weighted by molar-refractivity contribution is 0.319. The molecule has 0 radical (unpaired) electrons. The summed E-state index contributed by atoms with van der Waals surface area (Å²) in [5, 5.41) is 0. The summed E-state index contributed by atoms with van der Waals surface area (Å²) in [4.78, 5) is 10.3. The first kappa shape index (κ1) is 31.1. The van der Waals surface area contributed by atoms with E-state index in [-0.39, 0.29) is 47.4 Å². The van der Waals surface area contributed by atoms with E-state index in [1.54, 1.807) is 0 Å². The van der Waals surface area contributed by atoms with E-state index in [2.05, 4.69) is 135 Å². The molecular weight excluding hydrogens is 703 g/mol. The minimum Gasteiger partial charge on any atom is -0.297 e. The van der Waals surface area contributed by atoms with Crippen molar-refractivity contribution in [1.29, 1.82) is 0 Å². The quantitative estimate of drug-likeness (QED) is 0.151. The summed E-state index contributed by atoms with van der Waals surface area (Å²) in [6, 6.07) is 26.5. The van der Waals surface area contributed by atoms with E-state index in [4.69, 9.17) is 18.2 Å². The summed E-state index contributed by atoms with van der Waals surface area (Å²) < 4.78 is 58.0. The number of aromatic nitrogens is 4. The smallest absolute Gasteiger partial charge is 0.252 e. The van der Waals surface area contributed by atoms with Gasteiger partial charge in [-0.3, -0.25) is 9.13 Å². The van der Waals surface area contributed by atoms with E-state index in [1.807, 2.05) is 9.13 Å².